The Bertz CT molecular complexity index is 2970. The molecule has 1 aromatic heterocycles. The number of carbonyl (C=O) groups is 5. The lowest BCUT2D eigenvalue weighted by Crippen LogP contribution is -2.64. The van der Waals surface area contributed by atoms with Gasteiger partial charge in [0.15, 0.2) is 17.9 Å². The molecule has 3 fully saturated rings. The summed E-state index contributed by atoms with van der Waals surface area (Å²) in [6, 6.07) is 11.0. The zero-order valence-corrected chi connectivity index (χ0v) is 57.0. The predicted octanol–water partition coefficient (Wildman–Crippen LogP) is 4.45. The van der Waals surface area contributed by atoms with E-state index in [1.165, 1.54) is 0 Å². The van der Waals surface area contributed by atoms with Crippen LogP contribution in [0.4, 0.5) is 5.69 Å². The SMILES string of the molecule is CNc1ccc(C(=O)CC(O)CCC(C)C2OC(=O)CC(O)CC(=O)CC(O)CC(O)CC(O)CC(O)CC3(O)CC(O)C(C(=O)NCCc4ccccn4)C(CC(O[C@@H]4O[C@H](C)[C@@H](O)[C@H](NC(=O)CCN5CCCCC5)[C@@H]4O)/C=C/C=C/C=C/C=C\C=C/C=C/C=C/C2C)O3)cc1. The van der Waals surface area contributed by atoms with Crippen molar-refractivity contribution in [1.29, 1.82) is 0 Å². The molecule has 0 aliphatic carbocycles. The van der Waals surface area contributed by atoms with Crippen LogP contribution in [0, 0.1) is 17.8 Å². The zero-order chi connectivity index (χ0) is 71.2. The molecule has 13 N–H and O–H groups in total. The fourth-order valence-corrected chi connectivity index (χ4v) is 12.9. The van der Waals surface area contributed by atoms with Crippen LogP contribution in [0.15, 0.2) is 134 Å². The van der Waals surface area contributed by atoms with Gasteiger partial charge < -0.3 is 90.9 Å². The minimum atomic E-state index is -2.34. The Morgan fingerprint density at radius 1 is 0.724 bits per heavy atom. The standard InChI is InChI=1S/C74H107N5O19/c1-48-22-16-13-11-9-7-5-6-8-10-12-14-17-24-61(96-73-70(92)68(69(91)50(3)95-73)78-65(89)32-37-79-35-20-15-21-36-79)45-64-67(72(93)77-34-31-53-23-18-19-33-76-53)63(88)47-74(94,98-64)46-60(86)42-58(84)40-56(82)38-55(81)39-57(83)41-59(85)44-66(90)97-71(48)49(2)25-30-54(80)43-62(87)51-26-28-52(75-4)29-27-51/h5-14,16-19,22-24,26-29,33,48-50,54-56,58-61,63-64,67-71,73,75,80-82,84-86,88,91-92,94H,15,20-21,25,30-32,34-47H2,1-4H3,(H,77,93)(H,78,89)/b6-5-,9-7-,10-8+,13-11+,14-12+,22-16+,24-17+/t48?,49?,50-,54?,55?,56?,58?,59?,60?,61?,63?,64?,67?,68+,69-,70+,71?,73+,74?/m1/s1. The number of Topliss-reactive ketones (excluding diaryl/α,β-unsaturated/α-hetero) is 2. The molecular formula is C74H107N5O19. The molecule has 6 rings (SSSR count). The van der Waals surface area contributed by atoms with Gasteiger partial charge in [0.05, 0.1) is 79.4 Å². The lowest BCUT2D eigenvalue weighted by molar-refractivity contribution is -0.307. The number of allylic oxidation sites excluding steroid dienone is 12. The number of likely N-dealkylation sites (tertiary alicyclic amines) is 1. The summed E-state index contributed by atoms with van der Waals surface area (Å²) in [4.78, 5) is 73.8. The Morgan fingerprint density at radius 2 is 1.35 bits per heavy atom. The molecule has 5 heterocycles. The van der Waals surface area contributed by atoms with Gasteiger partial charge in [-0.05, 0) is 107 Å². The van der Waals surface area contributed by atoms with Gasteiger partial charge in [0.2, 0.25) is 11.8 Å². The number of carbonyl (C=O) groups excluding carboxylic acids is 5. The predicted molar refractivity (Wildman–Crippen MR) is 367 cm³/mol. The number of nitrogens with one attached hydrogen (secondary N) is 3. The number of hydrogen-bond acceptors (Lipinski definition) is 22. The van der Waals surface area contributed by atoms with E-state index in [-0.39, 0.29) is 49.8 Å². The van der Waals surface area contributed by atoms with Gasteiger partial charge in [-0.1, -0.05) is 111 Å². The van der Waals surface area contributed by atoms with Crippen LogP contribution in [0.25, 0.3) is 0 Å². The van der Waals surface area contributed by atoms with E-state index in [0.717, 1.165) is 38.0 Å². The molecule has 24 heteroatoms. The first-order valence-electron chi connectivity index (χ1n) is 34.6. The molecule has 98 heavy (non-hydrogen) atoms. The van der Waals surface area contributed by atoms with Crippen LogP contribution in [0.3, 0.4) is 0 Å². The number of nitrogens with zero attached hydrogens (tertiary/aromatic N) is 2. The molecule has 0 saturated carbocycles. The summed E-state index contributed by atoms with van der Waals surface area (Å²) in [5.74, 6) is -7.09. The van der Waals surface area contributed by atoms with E-state index >= 15 is 0 Å². The van der Waals surface area contributed by atoms with Crippen molar-refractivity contribution in [2.24, 2.45) is 17.8 Å². The fraction of sp³-hybridized carbons (Fsp3) is 0.595. The molecule has 0 spiro atoms. The number of ketones is 2. The number of aromatic nitrogens is 1. The summed E-state index contributed by atoms with van der Waals surface area (Å²) in [6.07, 6.45) is 7.37. The summed E-state index contributed by atoms with van der Waals surface area (Å²) in [6.45, 7) is 7.62. The van der Waals surface area contributed by atoms with Crippen LogP contribution in [-0.2, 0) is 44.5 Å². The van der Waals surface area contributed by atoms with Gasteiger partial charge in [-0.25, -0.2) is 0 Å². The highest BCUT2D eigenvalue weighted by Gasteiger charge is 2.51. The van der Waals surface area contributed by atoms with Crippen molar-refractivity contribution >= 4 is 35.0 Å². The zero-order valence-electron chi connectivity index (χ0n) is 57.0. The molecular weight excluding hydrogens is 1260 g/mol. The molecule has 14 unspecified atom stereocenters. The maximum Gasteiger partial charge on any atom is 0.308 e. The second-order valence-corrected chi connectivity index (χ2v) is 26.6. The van der Waals surface area contributed by atoms with Gasteiger partial charge in [-0.15, -0.1) is 0 Å². The summed E-state index contributed by atoms with van der Waals surface area (Å²) in [5, 5.41) is 122. The first kappa shape index (κ1) is 80.5. The molecule has 0 radical (unpaired) electrons. The van der Waals surface area contributed by atoms with Crippen LogP contribution in [0.5, 0.6) is 0 Å². The van der Waals surface area contributed by atoms with Gasteiger partial charge in [-0.3, -0.25) is 29.0 Å². The molecule has 542 valence electrons. The molecule has 2 aromatic rings. The third-order valence-electron chi connectivity index (χ3n) is 18.2. The molecule has 24 nitrogen and oxygen atoms in total. The lowest BCUT2D eigenvalue weighted by Gasteiger charge is -2.46. The number of aliphatic hydroxyl groups is 10. The number of benzene rings is 1. The van der Waals surface area contributed by atoms with Crippen molar-refractivity contribution in [2.45, 2.75) is 227 Å². The number of ether oxygens (including phenoxy) is 4. The monoisotopic (exact) mass is 1370 g/mol. The van der Waals surface area contributed by atoms with E-state index in [4.69, 9.17) is 18.9 Å². The maximum atomic E-state index is 14.3. The van der Waals surface area contributed by atoms with E-state index in [2.05, 4.69) is 25.8 Å². The van der Waals surface area contributed by atoms with Gasteiger partial charge in [0.1, 0.15) is 24.1 Å². The van der Waals surface area contributed by atoms with Gasteiger partial charge in [0, 0.05) is 101 Å². The molecule has 3 saturated heterocycles. The van der Waals surface area contributed by atoms with E-state index < -0.39 is 178 Å². The van der Waals surface area contributed by atoms with Gasteiger partial charge in [0.25, 0.3) is 0 Å². The smallest absolute Gasteiger partial charge is 0.308 e. The summed E-state index contributed by atoms with van der Waals surface area (Å²) >= 11 is 0. The average Bonchev–Trinajstić information content (AvgIpc) is 0.790. The Kier molecular flexibility index (Phi) is 34.5. The van der Waals surface area contributed by atoms with E-state index in [9.17, 15) is 75.0 Å². The summed E-state index contributed by atoms with van der Waals surface area (Å²) in [7, 11) is 1.77. The minimum absolute atomic E-state index is 0.107. The quantitative estimate of drug-likeness (QED) is 0.0724. The van der Waals surface area contributed by atoms with Crippen molar-refractivity contribution in [3.8, 4) is 0 Å². The van der Waals surface area contributed by atoms with E-state index in [0.29, 0.717) is 30.6 Å². The van der Waals surface area contributed by atoms with Crippen molar-refractivity contribution < 1.29 is 94.0 Å². The number of piperidine rings is 1. The molecule has 4 aliphatic rings. The third-order valence-corrected chi connectivity index (χ3v) is 18.2. The Hall–Kier alpha value is -6.46. The Morgan fingerprint density at radius 3 is 1.99 bits per heavy atom. The van der Waals surface area contributed by atoms with Gasteiger partial charge >= 0.3 is 5.97 Å². The molecule has 2 amide bonds. The van der Waals surface area contributed by atoms with E-state index in [1.54, 1.807) is 142 Å². The van der Waals surface area contributed by atoms with Crippen molar-refractivity contribution in [3.05, 3.63) is 145 Å². The van der Waals surface area contributed by atoms with Crippen molar-refractivity contribution in [3.63, 3.8) is 0 Å². The van der Waals surface area contributed by atoms with Crippen LogP contribution >= 0.6 is 0 Å². The summed E-state index contributed by atoms with van der Waals surface area (Å²) < 4.78 is 24.9. The van der Waals surface area contributed by atoms with Gasteiger partial charge in [-0.2, -0.15) is 0 Å². The second kappa shape index (κ2) is 42.0. The first-order valence-corrected chi connectivity index (χ1v) is 34.6. The largest absolute Gasteiger partial charge is 0.461 e. The molecule has 1 aromatic carbocycles. The molecule has 4 aliphatic heterocycles. The molecule has 19 atom stereocenters. The summed E-state index contributed by atoms with van der Waals surface area (Å²) in [5.41, 5.74) is 1.99. The number of pyridine rings is 1. The van der Waals surface area contributed by atoms with Crippen molar-refractivity contribution in [2.75, 3.05) is 38.5 Å². The Labute approximate surface area is 575 Å². The number of cyclic esters (lactones) is 1. The number of esters is 1. The van der Waals surface area contributed by atoms with E-state index in [1.807, 2.05) is 19.9 Å². The topological polar surface area (TPSA) is 377 Å². The average molecular weight is 1370 g/mol. The number of anilines is 1. The lowest BCUT2D eigenvalue weighted by atomic mass is 9.82. The first-order chi connectivity index (χ1) is 46.9. The van der Waals surface area contributed by atoms with Crippen LogP contribution < -0.4 is 16.0 Å². The van der Waals surface area contributed by atoms with Crippen LogP contribution in [0.2, 0.25) is 0 Å². The van der Waals surface area contributed by atoms with Crippen LogP contribution in [0.1, 0.15) is 140 Å². The third kappa shape index (κ3) is 28.3. The second-order valence-electron chi connectivity index (χ2n) is 26.6. The number of hydrogen-bond donors (Lipinski definition) is 13. The molecule has 2 bridgehead atoms. The Balaban J connectivity index is 1.22. The maximum absolute atomic E-state index is 14.3. The number of fused-ring (bicyclic) bond motifs is 2. The fourth-order valence-electron chi connectivity index (χ4n) is 12.9. The highest BCUT2D eigenvalue weighted by atomic mass is 16.7. The van der Waals surface area contributed by atoms with Crippen molar-refractivity contribution in [1.82, 2.24) is 20.5 Å². The normalized spacial score (nSPS) is 34.2. The number of rotatable bonds is 18. The number of aliphatic hydroxyl groups excluding tert-OH is 9. The highest BCUT2D eigenvalue weighted by molar-refractivity contribution is 5.96. The number of amides is 2. The minimum Gasteiger partial charge on any atom is -0.461 e. The highest BCUT2D eigenvalue weighted by Crippen LogP contribution is 2.39. The van der Waals surface area contributed by atoms with Crippen LogP contribution in [-0.4, -0.2) is 221 Å².